The van der Waals surface area contributed by atoms with Crippen LogP contribution >= 0.6 is 11.8 Å². The van der Waals surface area contributed by atoms with Gasteiger partial charge < -0.3 is 10.6 Å². The van der Waals surface area contributed by atoms with E-state index in [0.717, 1.165) is 17.1 Å². The van der Waals surface area contributed by atoms with Crippen molar-refractivity contribution in [2.24, 2.45) is 11.7 Å². The van der Waals surface area contributed by atoms with Crippen molar-refractivity contribution in [3.05, 3.63) is 60.2 Å². The van der Waals surface area contributed by atoms with Crippen molar-refractivity contribution in [1.82, 2.24) is 19.7 Å². The first-order valence-electron chi connectivity index (χ1n) is 10.3. The lowest BCUT2D eigenvalue weighted by Gasteiger charge is -2.30. The van der Waals surface area contributed by atoms with Crippen LogP contribution in [0.5, 0.6) is 0 Å². The van der Waals surface area contributed by atoms with Crippen molar-refractivity contribution in [1.29, 1.82) is 0 Å². The maximum atomic E-state index is 12.7. The summed E-state index contributed by atoms with van der Waals surface area (Å²) in [5.74, 6) is 0.630. The highest BCUT2D eigenvalue weighted by molar-refractivity contribution is 7.99. The summed E-state index contributed by atoms with van der Waals surface area (Å²) >= 11 is 1.38. The third-order valence-electron chi connectivity index (χ3n) is 5.53. The number of primary amides is 1. The number of aromatic nitrogens is 3. The molecular formula is C23H25N5O2S. The van der Waals surface area contributed by atoms with Crippen molar-refractivity contribution in [3.8, 4) is 17.1 Å². The predicted octanol–water partition coefficient (Wildman–Crippen LogP) is 3.06. The van der Waals surface area contributed by atoms with Gasteiger partial charge in [0.15, 0.2) is 11.0 Å². The Labute approximate surface area is 185 Å². The van der Waals surface area contributed by atoms with Gasteiger partial charge in [0, 0.05) is 30.3 Å². The lowest BCUT2D eigenvalue weighted by atomic mass is 9.96. The summed E-state index contributed by atoms with van der Waals surface area (Å²) in [6.07, 6.45) is 1.26. The number of nitrogens with two attached hydrogens (primary N) is 1. The predicted molar refractivity (Wildman–Crippen MR) is 121 cm³/mol. The van der Waals surface area contributed by atoms with E-state index in [1.807, 2.05) is 66.1 Å². The van der Waals surface area contributed by atoms with Gasteiger partial charge >= 0.3 is 0 Å². The SMILES string of the molecule is Cc1ccc(-n2c(SCC(=O)N3CCC(C(N)=O)CC3)nnc2-c2ccccc2)cc1. The van der Waals surface area contributed by atoms with E-state index < -0.39 is 0 Å². The molecule has 0 aliphatic carbocycles. The second kappa shape index (κ2) is 9.34. The zero-order chi connectivity index (χ0) is 21.8. The van der Waals surface area contributed by atoms with Crippen LogP contribution in [0.15, 0.2) is 59.8 Å². The highest BCUT2D eigenvalue weighted by atomic mass is 32.2. The summed E-state index contributed by atoms with van der Waals surface area (Å²) in [6, 6.07) is 18.1. The van der Waals surface area contributed by atoms with Crippen LogP contribution in [0.1, 0.15) is 18.4 Å². The number of carbonyl (C=O) groups excluding carboxylic acids is 2. The summed E-state index contributed by atoms with van der Waals surface area (Å²) in [7, 11) is 0. The molecule has 2 aromatic carbocycles. The van der Waals surface area contributed by atoms with Crippen LogP contribution in [-0.2, 0) is 9.59 Å². The van der Waals surface area contributed by atoms with Crippen LogP contribution in [0.25, 0.3) is 17.1 Å². The second-order valence-electron chi connectivity index (χ2n) is 7.69. The normalized spacial score (nSPS) is 14.5. The fourth-order valence-corrected chi connectivity index (χ4v) is 4.55. The first kappa shape index (κ1) is 21.1. The number of hydrogen-bond acceptors (Lipinski definition) is 5. The molecule has 0 unspecified atom stereocenters. The molecule has 0 spiro atoms. The molecule has 1 saturated heterocycles. The Morgan fingerprint density at radius 1 is 1.03 bits per heavy atom. The standard InChI is InChI=1S/C23H25N5O2S/c1-16-7-9-19(10-8-16)28-22(18-5-3-2-4-6-18)25-26-23(28)31-15-20(29)27-13-11-17(12-14-27)21(24)30/h2-10,17H,11-15H2,1H3,(H2,24,30). The third-order valence-corrected chi connectivity index (χ3v) is 6.45. The third kappa shape index (κ3) is 4.80. The minimum atomic E-state index is -0.277. The van der Waals surface area contributed by atoms with E-state index in [0.29, 0.717) is 31.1 Å². The van der Waals surface area contributed by atoms with E-state index in [-0.39, 0.29) is 23.5 Å². The molecule has 0 atom stereocenters. The van der Waals surface area contributed by atoms with Crippen molar-refractivity contribution in [2.45, 2.75) is 24.9 Å². The first-order chi connectivity index (χ1) is 15.0. The fraction of sp³-hybridized carbons (Fsp3) is 0.304. The smallest absolute Gasteiger partial charge is 0.233 e. The number of nitrogens with zero attached hydrogens (tertiary/aromatic N) is 4. The van der Waals surface area contributed by atoms with Gasteiger partial charge in [0.05, 0.1) is 5.75 Å². The van der Waals surface area contributed by atoms with Crippen molar-refractivity contribution in [3.63, 3.8) is 0 Å². The molecule has 0 bridgehead atoms. The van der Waals surface area contributed by atoms with E-state index >= 15 is 0 Å². The van der Waals surface area contributed by atoms with Gasteiger partial charge in [-0.2, -0.15) is 0 Å². The van der Waals surface area contributed by atoms with E-state index in [9.17, 15) is 9.59 Å². The Balaban J connectivity index is 1.53. The highest BCUT2D eigenvalue weighted by Crippen LogP contribution is 2.28. The molecule has 1 aliphatic rings. The van der Waals surface area contributed by atoms with E-state index in [2.05, 4.69) is 10.2 Å². The maximum absolute atomic E-state index is 12.7. The molecule has 2 N–H and O–H groups in total. The minimum Gasteiger partial charge on any atom is -0.369 e. The quantitative estimate of drug-likeness (QED) is 0.601. The summed E-state index contributed by atoms with van der Waals surface area (Å²) in [4.78, 5) is 25.9. The summed E-state index contributed by atoms with van der Waals surface area (Å²) in [5.41, 5.74) is 8.47. The fourth-order valence-electron chi connectivity index (χ4n) is 3.70. The van der Waals surface area contributed by atoms with E-state index in [1.54, 1.807) is 4.90 Å². The van der Waals surface area contributed by atoms with Crippen LogP contribution in [0.3, 0.4) is 0 Å². The number of thioether (sulfide) groups is 1. The van der Waals surface area contributed by atoms with Gasteiger partial charge in [-0.05, 0) is 31.9 Å². The van der Waals surface area contributed by atoms with Gasteiger partial charge in [0.1, 0.15) is 0 Å². The zero-order valence-corrected chi connectivity index (χ0v) is 18.2. The highest BCUT2D eigenvalue weighted by Gasteiger charge is 2.26. The summed E-state index contributed by atoms with van der Waals surface area (Å²) in [5, 5.41) is 9.48. The molecular weight excluding hydrogens is 410 g/mol. The van der Waals surface area contributed by atoms with Crippen LogP contribution in [0.4, 0.5) is 0 Å². The molecule has 8 heteroatoms. The molecule has 2 amide bonds. The lowest BCUT2D eigenvalue weighted by molar-refractivity contribution is -0.132. The summed E-state index contributed by atoms with van der Waals surface area (Å²) < 4.78 is 1.99. The Bertz CT molecular complexity index is 1060. The number of likely N-dealkylation sites (tertiary alicyclic amines) is 1. The lowest BCUT2D eigenvalue weighted by Crippen LogP contribution is -2.42. The molecule has 0 saturated carbocycles. The first-order valence-corrected chi connectivity index (χ1v) is 11.3. The summed E-state index contributed by atoms with van der Waals surface area (Å²) in [6.45, 7) is 3.17. The Morgan fingerprint density at radius 3 is 2.35 bits per heavy atom. The van der Waals surface area contributed by atoms with Gasteiger partial charge in [-0.15, -0.1) is 10.2 Å². The zero-order valence-electron chi connectivity index (χ0n) is 17.4. The molecule has 7 nitrogen and oxygen atoms in total. The molecule has 160 valence electrons. The van der Waals surface area contributed by atoms with Gasteiger partial charge in [0.25, 0.3) is 0 Å². The number of hydrogen-bond donors (Lipinski definition) is 1. The number of benzene rings is 2. The molecule has 1 aliphatic heterocycles. The van der Waals surface area contributed by atoms with Crippen LogP contribution in [-0.4, -0.2) is 50.3 Å². The van der Waals surface area contributed by atoms with Gasteiger partial charge in [-0.25, -0.2) is 0 Å². The number of piperidine rings is 1. The van der Waals surface area contributed by atoms with Crippen LogP contribution < -0.4 is 5.73 Å². The van der Waals surface area contributed by atoms with Gasteiger partial charge in [0.2, 0.25) is 11.8 Å². The second-order valence-corrected chi connectivity index (χ2v) is 8.63. The van der Waals surface area contributed by atoms with Crippen LogP contribution in [0.2, 0.25) is 0 Å². The van der Waals surface area contributed by atoms with Crippen molar-refractivity contribution in [2.75, 3.05) is 18.8 Å². The number of amides is 2. The molecule has 1 fully saturated rings. The largest absolute Gasteiger partial charge is 0.369 e. The Hall–Kier alpha value is -3.13. The number of rotatable bonds is 6. The van der Waals surface area contributed by atoms with Gasteiger partial charge in [-0.1, -0.05) is 59.8 Å². The molecule has 1 aromatic heterocycles. The minimum absolute atomic E-state index is 0.0348. The topological polar surface area (TPSA) is 94.1 Å². The molecule has 4 rings (SSSR count). The molecule has 2 heterocycles. The van der Waals surface area contributed by atoms with Crippen molar-refractivity contribution < 1.29 is 9.59 Å². The van der Waals surface area contributed by atoms with Crippen LogP contribution in [0, 0.1) is 12.8 Å². The Kier molecular flexibility index (Phi) is 6.36. The Morgan fingerprint density at radius 2 is 1.71 bits per heavy atom. The maximum Gasteiger partial charge on any atom is 0.233 e. The monoisotopic (exact) mass is 435 g/mol. The number of aryl methyl sites for hydroxylation is 1. The molecule has 31 heavy (non-hydrogen) atoms. The van der Waals surface area contributed by atoms with Gasteiger partial charge in [-0.3, -0.25) is 14.2 Å². The van der Waals surface area contributed by atoms with Crippen molar-refractivity contribution >= 4 is 23.6 Å². The average molecular weight is 436 g/mol. The average Bonchev–Trinajstić information content (AvgIpc) is 3.22. The van der Waals surface area contributed by atoms with E-state index in [4.69, 9.17) is 5.73 Å². The molecule has 3 aromatic rings. The molecule has 0 radical (unpaired) electrons. The number of carbonyl (C=O) groups is 2. The van der Waals surface area contributed by atoms with E-state index in [1.165, 1.54) is 17.3 Å².